The molecule has 0 radical (unpaired) electrons. The van der Waals surface area contributed by atoms with Gasteiger partial charge in [0.2, 0.25) is 0 Å². The van der Waals surface area contributed by atoms with E-state index in [2.05, 4.69) is 5.32 Å². The molecule has 0 spiro atoms. The van der Waals surface area contributed by atoms with E-state index >= 15 is 0 Å². The van der Waals surface area contributed by atoms with Crippen molar-refractivity contribution in [3.05, 3.63) is 62.1 Å². The number of ether oxygens (including phenoxy) is 1. The Bertz CT molecular complexity index is 1070. The Morgan fingerprint density at radius 2 is 1.63 bits per heavy atom. The van der Waals surface area contributed by atoms with Crippen LogP contribution in [-0.2, 0) is 14.3 Å². The lowest BCUT2D eigenvalue weighted by Gasteiger charge is -2.13. The molecule has 0 aliphatic carbocycles. The van der Waals surface area contributed by atoms with Crippen molar-refractivity contribution in [1.29, 1.82) is 0 Å². The summed E-state index contributed by atoms with van der Waals surface area (Å²) < 4.78 is 4.89. The first-order valence-corrected chi connectivity index (χ1v) is 9.87. The van der Waals surface area contributed by atoms with E-state index in [9.17, 15) is 19.2 Å². The summed E-state index contributed by atoms with van der Waals surface area (Å²) in [6.07, 6.45) is -0.245. The van der Waals surface area contributed by atoms with Crippen LogP contribution in [0.25, 0.3) is 0 Å². The third-order valence-corrected chi connectivity index (χ3v) is 5.35. The highest BCUT2D eigenvalue weighted by molar-refractivity contribution is 6.44. The van der Waals surface area contributed by atoms with Gasteiger partial charge in [0.25, 0.3) is 17.7 Å². The fraction of sp³-hybridized carbons (Fsp3) is 0.200. The van der Waals surface area contributed by atoms with Crippen molar-refractivity contribution in [2.45, 2.75) is 13.3 Å². The van der Waals surface area contributed by atoms with Gasteiger partial charge >= 0.3 is 5.97 Å². The molecule has 0 bridgehead atoms. The molecule has 1 N–H and O–H groups in total. The Labute approximate surface area is 186 Å². The second-order valence-corrected chi connectivity index (χ2v) is 7.74. The minimum atomic E-state index is -0.738. The molecule has 1 heterocycles. The third-order valence-electron chi connectivity index (χ3n) is 4.31. The average Bonchev–Trinajstić information content (AvgIpc) is 2.92. The highest BCUT2D eigenvalue weighted by atomic mass is 35.5. The van der Waals surface area contributed by atoms with Crippen molar-refractivity contribution in [2.24, 2.45) is 0 Å². The van der Waals surface area contributed by atoms with Crippen molar-refractivity contribution < 1.29 is 23.9 Å². The van der Waals surface area contributed by atoms with E-state index in [0.717, 1.165) is 10.5 Å². The van der Waals surface area contributed by atoms with Crippen LogP contribution in [0.4, 0.5) is 5.69 Å². The predicted octanol–water partition coefficient (Wildman–Crippen LogP) is 4.12. The number of carbonyl (C=O) groups excluding carboxylic acids is 4. The number of rotatable bonds is 6. The molecule has 30 heavy (non-hydrogen) atoms. The molecule has 0 atom stereocenters. The maximum Gasteiger partial charge on any atom is 0.308 e. The largest absolute Gasteiger partial charge is 0.456 e. The highest BCUT2D eigenvalue weighted by Gasteiger charge is 2.35. The smallest absolute Gasteiger partial charge is 0.308 e. The van der Waals surface area contributed by atoms with Gasteiger partial charge in [0.1, 0.15) is 0 Å². The Hall–Kier alpha value is -2.61. The molecule has 2 aromatic rings. The summed E-state index contributed by atoms with van der Waals surface area (Å²) in [4.78, 5) is 49.6. The lowest BCUT2D eigenvalue weighted by molar-refractivity contribution is -0.147. The predicted molar refractivity (Wildman–Crippen MR) is 112 cm³/mol. The van der Waals surface area contributed by atoms with Crippen LogP contribution in [0, 0.1) is 6.92 Å². The van der Waals surface area contributed by atoms with Gasteiger partial charge in [-0.25, -0.2) is 0 Å². The highest BCUT2D eigenvalue weighted by Crippen LogP contribution is 2.32. The number of anilines is 1. The molecular weight excluding hydrogens is 455 g/mol. The van der Waals surface area contributed by atoms with Crippen LogP contribution >= 0.6 is 34.8 Å². The van der Waals surface area contributed by atoms with Crippen LogP contribution in [0.15, 0.2) is 30.3 Å². The van der Waals surface area contributed by atoms with Gasteiger partial charge in [-0.05, 0) is 31.2 Å². The number of hydrogen-bond donors (Lipinski definition) is 1. The zero-order valence-electron chi connectivity index (χ0n) is 15.6. The van der Waals surface area contributed by atoms with Crippen LogP contribution in [-0.4, -0.2) is 41.7 Å². The molecule has 156 valence electrons. The van der Waals surface area contributed by atoms with Crippen molar-refractivity contribution in [3.63, 3.8) is 0 Å². The minimum absolute atomic E-state index is 0.148. The van der Waals surface area contributed by atoms with Crippen molar-refractivity contribution in [3.8, 4) is 0 Å². The maximum absolute atomic E-state index is 12.4. The Kier molecular flexibility index (Phi) is 6.65. The molecule has 2 aromatic carbocycles. The zero-order valence-corrected chi connectivity index (χ0v) is 17.9. The molecule has 3 amide bonds. The number of halogens is 3. The van der Waals surface area contributed by atoms with Crippen LogP contribution in [0.3, 0.4) is 0 Å². The number of fused-ring (bicyclic) bond motifs is 1. The van der Waals surface area contributed by atoms with Gasteiger partial charge in [0, 0.05) is 6.54 Å². The number of imide groups is 1. The summed E-state index contributed by atoms with van der Waals surface area (Å²) in [7, 11) is 0. The van der Waals surface area contributed by atoms with Crippen molar-refractivity contribution >= 4 is 64.2 Å². The Morgan fingerprint density at radius 1 is 0.967 bits per heavy atom. The summed E-state index contributed by atoms with van der Waals surface area (Å²) in [6, 6.07) is 7.70. The molecule has 3 rings (SSSR count). The molecule has 7 nitrogen and oxygen atoms in total. The topological polar surface area (TPSA) is 92.8 Å². The number of benzene rings is 2. The number of nitrogens with one attached hydrogen (secondary N) is 1. The average molecular weight is 470 g/mol. The SMILES string of the molecule is Cc1ccc2c(c1)C(=O)N(CCC(=O)OCC(=O)Nc1cc(Cl)c(Cl)cc1Cl)C2=O. The summed E-state index contributed by atoms with van der Waals surface area (Å²) in [5.41, 5.74) is 1.68. The molecular formula is C20H15Cl3N2O5. The molecule has 1 aliphatic heterocycles. The van der Waals surface area contributed by atoms with Gasteiger partial charge < -0.3 is 10.1 Å². The van der Waals surface area contributed by atoms with E-state index in [4.69, 9.17) is 39.5 Å². The van der Waals surface area contributed by atoms with Crippen LogP contribution in [0.2, 0.25) is 15.1 Å². The monoisotopic (exact) mass is 468 g/mol. The van der Waals surface area contributed by atoms with E-state index in [0.29, 0.717) is 11.1 Å². The van der Waals surface area contributed by atoms with Crippen molar-refractivity contribution in [2.75, 3.05) is 18.5 Å². The lowest BCUT2D eigenvalue weighted by atomic mass is 10.1. The maximum atomic E-state index is 12.4. The number of carbonyl (C=O) groups is 4. The van der Waals surface area contributed by atoms with E-state index in [1.807, 2.05) is 6.92 Å². The van der Waals surface area contributed by atoms with E-state index in [1.165, 1.54) is 12.1 Å². The Morgan fingerprint density at radius 3 is 2.37 bits per heavy atom. The Balaban J connectivity index is 1.50. The molecule has 10 heteroatoms. The van der Waals surface area contributed by atoms with Gasteiger partial charge in [-0.2, -0.15) is 0 Å². The third kappa shape index (κ3) is 4.75. The summed E-state index contributed by atoms with van der Waals surface area (Å²) >= 11 is 17.7. The van der Waals surface area contributed by atoms with Gasteiger partial charge in [0.15, 0.2) is 6.61 Å². The number of amides is 3. The molecule has 0 unspecified atom stereocenters. The van der Waals surface area contributed by atoms with Gasteiger partial charge in [-0.3, -0.25) is 24.1 Å². The van der Waals surface area contributed by atoms with Gasteiger partial charge in [0.05, 0.1) is 38.3 Å². The number of esters is 1. The summed E-state index contributed by atoms with van der Waals surface area (Å²) in [5.74, 6) is -2.30. The molecule has 0 saturated heterocycles. The summed E-state index contributed by atoms with van der Waals surface area (Å²) in [6.45, 7) is 1.09. The first-order valence-electron chi connectivity index (χ1n) is 8.74. The fourth-order valence-corrected chi connectivity index (χ4v) is 3.43. The second kappa shape index (κ2) is 9.04. The van der Waals surface area contributed by atoms with Crippen LogP contribution in [0.5, 0.6) is 0 Å². The number of hydrogen-bond acceptors (Lipinski definition) is 5. The van der Waals surface area contributed by atoms with Gasteiger partial charge in [-0.15, -0.1) is 0 Å². The first-order chi connectivity index (χ1) is 14.2. The molecule has 1 aliphatic rings. The minimum Gasteiger partial charge on any atom is -0.456 e. The first kappa shape index (κ1) is 22.1. The van der Waals surface area contributed by atoms with Crippen LogP contribution < -0.4 is 5.32 Å². The fourth-order valence-electron chi connectivity index (χ4n) is 2.83. The van der Waals surface area contributed by atoms with E-state index in [1.54, 1.807) is 18.2 Å². The molecule has 0 aromatic heterocycles. The van der Waals surface area contributed by atoms with E-state index in [-0.39, 0.29) is 33.7 Å². The summed E-state index contributed by atoms with van der Waals surface area (Å²) in [5, 5.41) is 3.05. The second-order valence-electron chi connectivity index (χ2n) is 6.52. The molecule has 0 saturated carbocycles. The van der Waals surface area contributed by atoms with E-state index < -0.39 is 30.3 Å². The normalized spacial score (nSPS) is 12.7. The standard InChI is InChI=1S/C20H15Cl3N2O5/c1-10-2-3-11-12(6-10)20(29)25(19(11)28)5-4-18(27)30-9-17(26)24-16-8-14(22)13(21)7-15(16)23/h2-3,6-8H,4-5,9H2,1H3,(H,24,26). The molecule has 0 fully saturated rings. The zero-order chi connectivity index (χ0) is 22.0. The quantitative estimate of drug-likeness (QED) is 0.390. The number of aryl methyl sites for hydroxylation is 1. The van der Waals surface area contributed by atoms with Gasteiger partial charge in [-0.1, -0.05) is 46.4 Å². The number of nitrogens with zero attached hydrogens (tertiary/aromatic N) is 1. The van der Waals surface area contributed by atoms with Crippen LogP contribution in [0.1, 0.15) is 32.7 Å². The lowest BCUT2D eigenvalue weighted by Crippen LogP contribution is -2.32. The van der Waals surface area contributed by atoms with Crippen molar-refractivity contribution in [1.82, 2.24) is 4.90 Å².